The van der Waals surface area contributed by atoms with Crippen molar-refractivity contribution in [1.82, 2.24) is 0 Å². The Labute approximate surface area is 143 Å². The third-order valence-corrected chi connectivity index (χ3v) is 3.05. The number of carbonyl (C=O) groups is 2. The highest BCUT2D eigenvalue weighted by molar-refractivity contribution is 6.39. The van der Waals surface area contributed by atoms with E-state index in [0.29, 0.717) is 15.7 Å². The number of hydrogen-bond acceptors (Lipinski definition) is 4. The van der Waals surface area contributed by atoms with Crippen molar-refractivity contribution < 1.29 is 19.5 Å². The first-order chi connectivity index (χ1) is 10.9. The summed E-state index contributed by atoms with van der Waals surface area (Å²) in [6, 6.07) is 14.3. The van der Waals surface area contributed by atoms with E-state index in [-0.39, 0.29) is 6.42 Å². The average molecular weight is 356 g/mol. The standard InChI is InChI=1S/C14H11Cl2NO2.C2H4O2/c15-11-7-4-8-12(16)14(11)17-19-13(18)9-10-5-2-1-3-6-10;1-2(3)4/h1-8,17H,9H2;1H3,(H,3,4). The van der Waals surface area contributed by atoms with Crippen LogP contribution in [0.15, 0.2) is 48.5 Å². The smallest absolute Gasteiger partial charge is 0.336 e. The van der Waals surface area contributed by atoms with Crippen LogP contribution in [0.4, 0.5) is 5.69 Å². The lowest BCUT2D eigenvalue weighted by molar-refractivity contribution is -0.140. The minimum absolute atomic E-state index is 0.176. The summed E-state index contributed by atoms with van der Waals surface area (Å²) in [4.78, 5) is 25.6. The summed E-state index contributed by atoms with van der Waals surface area (Å²) in [5, 5.41) is 8.19. The number of halogens is 2. The van der Waals surface area contributed by atoms with Crippen molar-refractivity contribution in [3.8, 4) is 0 Å². The molecule has 0 bridgehead atoms. The number of hydrogen-bond donors (Lipinski definition) is 2. The van der Waals surface area contributed by atoms with Gasteiger partial charge in [-0.1, -0.05) is 59.6 Å². The highest BCUT2D eigenvalue weighted by Crippen LogP contribution is 2.29. The lowest BCUT2D eigenvalue weighted by Gasteiger charge is -2.09. The van der Waals surface area contributed by atoms with E-state index in [0.717, 1.165) is 12.5 Å². The van der Waals surface area contributed by atoms with Crippen molar-refractivity contribution in [3.63, 3.8) is 0 Å². The normalized spacial score (nSPS) is 9.35. The van der Waals surface area contributed by atoms with E-state index in [9.17, 15) is 4.79 Å². The van der Waals surface area contributed by atoms with Gasteiger partial charge in [-0.05, 0) is 17.7 Å². The Balaban J connectivity index is 0.000000593. The third kappa shape index (κ3) is 7.54. The quantitative estimate of drug-likeness (QED) is 0.803. The molecule has 0 aliphatic heterocycles. The summed E-state index contributed by atoms with van der Waals surface area (Å²) >= 11 is 11.9. The summed E-state index contributed by atoms with van der Waals surface area (Å²) in [6.07, 6.45) is 0.176. The zero-order valence-electron chi connectivity index (χ0n) is 12.3. The molecule has 0 atom stereocenters. The molecule has 2 aromatic rings. The van der Waals surface area contributed by atoms with Crippen LogP contribution in [0.3, 0.4) is 0 Å². The number of benzene rings is 2. The van der Waals surface area contributed by atoms with Crippen molar-refractivity contribution in [3.05, 3.63) is 64.1 Å². The highest BCUT2D eigenvalue weighted by Gasteiger charge is 2.09. The van der Waals surface area contributed by atoms with Crippen LogP contribution in [-0.4, -0.2) is 17.0 Å². The van der Waals surface area contributed by atoms with Crippen molar-refractivity contribution in [1.29, 1.82) is 0 Å². The molecule has 0 saturated carbocycles. The molecule has 0 unspecified atom stereocenters. The first-order valence-electron chi connectivity index (χ1n) is 6.53. The number of carboxylic acids is 1. The number of aliphatic carboxylic acids is 1. The van der Waals surface area contributed by atoms with Crippen molar-refractivity contribution in [2.75, 3.05) is 5.48 Å². The molecule has 2 aromatic carbocycles. The van der Waals surface area contributed by atoms with Crippen LogP contribution < -0.4 is 5.48 Å². The maximum absolute atomic E-state index is 11.6. The Morgan fingerprint density at radius 2 is 1.57 bits per heavy atom. The maximum Gasteiger partial charge on any atom is 0.336 e. The second kappa shape index (κ2) is 9.71. The lowest BCUT2D eigenvalue weighted by atomic mass is 10.2. The molecular formula is C16H15Cl2NO4. The van der Waals surface area contributed by atoms with Gasteiger partial charge in [0.1, 0.15) is 5.69 Å². The molecule has 0 heterocycles. The van der Waals surface area contributed by atoms with Gasteiger partial charge in [0.05, 0.1) is 16.5 Å². The topological polar surface area (TPSA) is 75.6 Å². The molecule has 5 nitrogen and oxygen atoms in total. The number of rotatable bonds is 4. The molecule has 0 aliphatic rings. The van der Waals surface area contributed by atoms with Crippen LogP contribution in [0.25, 0.3) is 0 Å². The number of nitrogens with one attached hydrogen (secondary N) is 1. The second-order valence-corrected chi connectivity index (χ2v) is 5.17. The van der Waals surface area contributed by atoms with Crippen LogP contribution in [0.5, 0.6) is 0 Å². The van der Waals surface area contributed by atoms with Gasteiger partial charge in [-0.25, -0.2) is 10.3 Å². The van der Waals surface area contributed by atoms with Gasteiger partial charge in [0.25, 0.3) is 5.97 Å². The predicted octanol–water partition coefficient (Wildman–Crippen LogP) is 4.20. The minimum Gasteiger partial charge on any atom is -0.481 e. The molecule has 7 heteroatoms. The van der Waals surface area contributed by atoms with Gasteiger partial charge in [0.2, 0.25) is 0 Å². The summed E-state index contributed by atoms with van der Waals surface area (Å²) < 4.78 is 0. The van der Waals surface area contributed by atoms with Gasteiger partial charge in [0, 0.05) is 6.92 Å². The average Bonchev–Trinajstić information content (AvgIpc) is 2.47. The Morgan fingerprint density at radius 3 is 2.09 bits per heavy atom. The maximum atomic E-state index is 11.6. The van der Waals surface area contributed by atoms with Crippen molar-refractivity contribution in [2.24, 2.45) is 0 Å². The SMILES string of the molecule is CC(=O)O.O=C(Cc1ccccc1)ONc1c(Cl)cccc1Cl. The van der Waals surface area contributed by atoms with E-state index >= 15 is 0 Å². The summed E-state index contributed by atoms with van der Waals surface area (Å²) in [5.74, 6) is -1.25. The van der Waals surface area contributed by atoms with E-state index in [1.807, 2.05) is 30.3 Å². The number of carboxylic acid groups (broad SMARTS) is 1. The van der Waals surface area contributed by atoms with Gasteiger partial charge < -0.3 is 9.94 Å². The molecule has 0 amide bonds. The van der Waals surface area contributed by atoms with E-state index in [1.165, 1.54) is 0 Å². The van der Waals surface area contributed by atoms with Gasteiger partial charge >= 0.3 is 5.97 Å². The Hall–Kier alpha value is -2.24. The zero-order valence-corrected chi connectivity index (χ0v) is 13.8. The molecule has 2 rings (SSSR count). The molecule has 0 aromatic heterocycles. The fraction of sp³-hybridized carbons (Fsp3) is 0.125. The first kappa shape index (κ1) is 18.8. The molecular weight excluding hydrogens is 341 g/mol. The van der Waals surface area contributed by atoms with Crippen LogP contribution in [0.2, 0.25) is 10.0 Å². The molecule has 0 fully saturated rings. The number of para-hydroxylation sites is 1. The summed E-state index contributed by atoms with van der Waals surface area (Å²) in [7, 11) is 0. The van der Waals surface area contributed by atoms with Crippen LogP contribution in [0, 0.1) is 0 Å². The predicted molar refractivity (Wildman–Crippen MR) is 89.6 cm³/mol. The van der Waals surface area contributed by atoms with Crippen molar-refractivity contribution in [2.45, 2.75) is 13.3 Å². The summed E-state index contributed by atoms with van der Waals surface area (Å²) in [6.45, 7) is 1.08. The third-order valence-electron chi connectivity index (χ3n) is 2.42. The molecule has 122 valence electrons. The van der Waals surface area contributed by atoms with E-state index in [2.05, 4.69) is 5.48 Å². The number of carbonyl (C=O) groups excluding carboxylic acids is 1. The monoisotopic (exact) mass is 355 g/mol. The molecule has 2 N–H and O–H groups in total. The van der Waals surface area contributed by atoms with E-state index < -0.39 is 11.9 Å². The first-order valence-corrected chi connectivity index (χ1v) is 7.29. The fourth-order valence-electron chi connectivity index (χ4n) is 1.50. The number of anilines is 1. The second-order valence-electron chi connectivity index (χ2n) is 4.35. The van der Waals surface area contributed by atoms with E-state index in [4.69, 9.17) is 37.9 Å². The zero-order chi connectivity index (χ0) is 17.2. The molecule has 0 spiro atoms. The molecule has 0 aliphatic carbocycles. The Kier molecular flexibility index (Phi) is 7.94. The molecule has 0 radical (unpaired) electrons. The van der Waals surface area contributed by atoms with Crippen molar-refractivity contribution >= 4 is 40.8 Å². The fourth-order valence-corrected chi connectivity index (χ4v) is 1.98. The van der Waals surface area contributed by atoms with Crippen LogP contribution in [-0.2, 0) is 20.8 Å². The van der Waals surface area contributed by atoms with Gasteiger partial charge in [-0.3, -0.25) is 4.79 Å². The van der Waals surface area contributed by atoms with E-state index in [1.54, 1.807) is 18.2 Å². The van der Waals surface area contributed by atoms with Gasteiger partial charge in [-0.2, -0.15) is 0 Å². The largest absolute Gasteiger partial charge is 0.481 e. The lowest BCUT2D eigenvalue weighted by Crippen LogP contribution is -2.13. The Morgan fingerprint density at radius 1 is 1.04 bits per heavy atom. The highest BCUT2D eigenvalue weighted by atomic mass is 35.5. The van der Waals surface area contributed by atoms with Gasteiger partial charge in [-0.15, -0.1) is 0 Å². The minimum atomic E-state index is -0.833. The Bertz CT molecular complexity index is 638. The summed E-state index contributed by atoms with van der Waals surface area (Å²) in [5.41, 5.74) is 3.74. The molecule has 0 saturated heterocycles. The van der Waals surface area contributed by atoms with Crippen LogP contribution >= 0.6 is 23.2 Å². The van der Waals surface area contributed by atoms with Gasteiger partial charge in [0.15, 0.2) is 0 Å². The van der Waals surface area contributed by atoms with Crippen LogP contribution in [0.1, 0.15) is 12.5 Å². The molecule has 23 heavy (non-hydrogen) atoms.